The van der Waals surface area contributed by atoms with Crippen molar-refractivity contribution < 1.29 is 4.79 Å². The molecule has 1 saturated heterocycles. The number of hydrogen-bond acceptors (Lipinski definition) is 3. The minimum Gasteiger partial charge on any atom is -0.369 e. The van der Waals surface area contributed by atoms with Gasteiger partial charge in [0, 0.05) is 50.4 Å². The third-order valence-corrected chi connectivity index (χ3v) is 6.06. The Labute approximate surface area is 158 Å². The fourth-order valence-corrected chi connectivity index (χ4v) is 4.60. The zero-order valence-corrected chi connectivity index (χ0v) is 16.5. The zero-order chi connectivity index (χ0) is 18.4. The molecule has 26 heavy (non-hydrogen) atoms. The number of amides is 1. The summed E-state index contributed by atoms with van der Waals surface area (Å²) in [5.41, 5.74) is 1.50. The smallest absolute Gasteiger partial charge is 0.220 e. The highest BCUT2D eigenvalue weighted by Gasteiger charge is 2.39. The van der Waals surface area contributed by atoms with Crippen molar-refractivity contribution in [2.75, 3.05) is 37.6 Å². The molecule has 3 rings (SSSR count). The molecule has 0 unspecified atom stereocenters. The zero-order valence-electron chi connectivity index (χ0n) is 16.5. The molecule has 0 spiro atoms. The van der Waals surface area contributed by atoms with Crippen LogP contribution in [0.4, 0.5) is 5.69 Å². The van der Waals surface area contributed by atoms with Crippen LogP contribution in [0.1, 0.15) is 52.4 Å². The first kappa shape index (κ1) is 19.2. The third kappa shape index (κ3) is 4.79. The second kappa shape index (κ2) is 8.90. The van der Waals surface area contributed by atoms with Gasteiger partial charge in [-0.25, -0.2) is 0 Å². The maximum absolute atomic E-state index is 12.2. The predicted octanol–water partition coefficient (Wildman–Crippen LogP) is 3.67. The van der Waals surface area contributed by atoms with E-state index in [1.54, 1.807) is 0 Å². The minimum absolute atomic E-state index is 0.174. The fraction of sp³-hybridized carbons (Fsp3) is 0.682. The van der Waals surface area contributed by atoms with Crippen molar-refractivity contribution in [2.45, 2.75) is 57.9 Å². The van der Waals surface area contributed by atoms with Crippen LogP contribution in [-0.4, -0.2) is 49.1 Å². The molecule has 144 valence electrons. The van der Waals surface area contributed by atoms with Crippen LogP contribution in [-0.2, 0) is 4.79 Å². The Morgan fingerprint density at radius 3 is 2.31 bits per heavy atom. The molecule has 4 nitrogen and oxygen atoms in total. The highest BCUT2D eigenvalue weighted by atomic mass is 16.1. The van der Waals surface area contributed by atoms with Gasteiger partial charge in [-0.15, -0.1) is 0 Å². The summed E-state index contributed by atoms with van der Waals surface area (Å²) in [5.74, 6) is 0.639. The number of rotatable bonds is 6. The number of nitrogens with zero attached hydrogens (tertiary/aromatic N) is 2. The Morgan fingerprint density at radius 1 is 1.04 bits per heavy atom. The van der Waals surface area contributed by atoms with Crippen molar-refractivity contribution in [2.24, 2.45) is 5.92 Å². The Bertz CT molecular complexity index is 558. The van der Waals surface area contributed by atoms with Gasteiger partial charge in [-0.3, -0.25) is 9.69 Å². The van der Waals surface area contributed by atoms with Crippen molar-refractivity contribution in [3.8, 4) is 0 Å². The molecule has 2 fully saturated rings. The van der Waals surface area contributed by atoms with E-state index >= 15 is 0 Å². The predicted molar refractivity (Wildman–Crippen MR) is 109 cm³/mol. The molecule has 1 saturated carbocycles. The van der Waals surface area contributed by atoms with Gasteiger partial charge in [0.1, 0.15) is 0 Å². The molecule has 1 aliphatic carbocycles. The molecule has 1 aromatic carbocycles. The molecule has 1 amide bonds. The van der Waals surface area contributed by atoms with E-state index in [2.05, 4.69) is 59.3 Å². The van der Waals surface area contributed by atoms with Crippen molar-refractivity contribution in [3.63, 3.8) is 0 Å². The lowest BCUT2D eigenvalue weighted by Gasteiger charge is -2.50. The highest BCUT2D eigenvalue weighted by molar-refractivity contribution is 5.76. The van der Waals surface area contributed by atoms with Crippen LogP contribution in [0.15, 0.2) is 30.3 Å². The molecule has 4 heteroatoms. The molecular weight excluding hydrogens is 322 g/mol. The topological polar surface area (TPSA) is 35.6 Å². The summed E-state index contributed by atoms with van der Waals surface area (Å²) < 4.78 is 0. The number of hydrogen-bond donors (Lipinski definition) is 1. The van der Waals surface area contributed by atoms with Gasteiger partial charge in [0.25, 0.3) is 0 Å². The van der Waals surface area contributed by atoms with E-state index in [0.717, 1.165) is 32.7 Å². The van der Waals surface area contributed by atoms with Crippen molar-refractivity contribution in [3.05, 3.63) is 30.3 Å². The number of para-hydroxylation sites is 1. The first-order valence-corrected chi connectivity index (χ1v) is 10.4. The van der Waals surface area contributed by atoms with Gasteiger partial charge in [0.2, 0.25) is 5.91 Å². The van der Waals surface area contributed by atoms with E-state index in [1.807, 2.05) is 0 Å². The molecule has 0 bridgehead atoms. The third-order valence-electron chi connectivity index (χ3n) is 6.06. The van der Waals surface area contributed by atoms with E-state index in [0.29, 0.717) is 12.3 Å². The van der Waals surface area contributed by atoms with Gasteiger partial charge in [-0.05, 0) is 30.9 Å². The lowest BCUT2D eigenvalue weighted by molar-refractivity contribution is -0.122. The molecule has 1 N–H and O–H groups in total. The van der Waals surface area contributed by atoms with Crippen molar-refractivity contribution in [1.29, 1.82) is 0 Å². The Kier molecular flexibility index (Phi) is 6.58. The Balaban J connectivity index is 1.60. The van der Waals surface area contributed by atoms with E-state index in [9.17, 15) is 4.79 Å². The van der Waals surface area contributed by atoms with Crippen LogP contribution in [0.25, 0.3) is 0 Å². The summed E-state index contributed by atoms with van der Waals surface area (Å²) in [6, 6.07) is 10.7. The van der Waals surface area contributed by atoms with Gasteiger partial charge in [-0.2, -0.15) is 0 Å². The van der Waals surface area contributed by atoms with Crippen LogP contribution < -0.4 is 10.2 Å². The molecule has 2 aliphatic rings. The van der Waals surface area contributed by atoms with Gasteiger partial charge < -0.3 is 10.2 Å². The van der Waals surface area contributed by atoms with Crippen LogP contribution in [0.2, 0.25) is 0 Å². The number of benzene rings is 1. The monoisotopic (exact) mass is 357 g/mol. The Hall–Kier alpha value is -1.55. The molecule has 0 atom stereocenters. The largest absolute Gasteiger partial charge is 0.369 e. The summed E-state index contributed by atoms with van der Waals surface area (Å²) in [7, 11) is 0. The molecule has 1 aromatic rings. The van der Waals surface area contributed by atoms with E-state index in [1.165, 1.54) is 37.8 Å². The van der Waals surface area contributed by atoms with E-state index in [-0.39, 0.29) is 11.4 Å². The highest BCUT2D eigenvalue weighted by Crippen LogP contribution is 2.34. The summed E-state index contributed by atoms with van der Waals surface area (Å²) in [5, 5.41) is 3.27. The van der Waals surface area contributed by atoms with Crippen LogP contribution in [0.5, 0.6) is 0 Å². The quantitative estimate of drug-likeness (QED) is 0.844. The van der Waals surface area contributed by atoms with Gasteiger partial charge in [0.05, 0.1) is 0 Å². The molecule has 0 aromatic heterocycles. The average molecular weight is 358 g/mol. The summed E-state index contributed by atoms with van der Waals surface area (Å²) in [4.78, 5) is 17.4. The second-order valence-electron chi connectivity index (χ2n) is 8.47. The first-order chi connectivity index (χ1) is 12.6. The number of carbonyl (C=O) groups excluding carboxylic acids is 1. The molecule has 1 aliphatic heterocycles. The normalized spacial score (nSPS) is 21.0. The maximum Gasteiger partial charge on any atom is 0.220 e. The van der Waals surface area contributed by atoms with Gasteiger partial charge >= 0.3 is 0 Å². The molecular formula is C22H35N3O. The number of anilines is 1. The van der Waals surface area contributed by atoms with E-state index in [4.69, 9.17) is 0 Å². The minimum atomic E-state index is 0.174. The molecule has 0 radical (unpaired) electrons. The van der Waals surface area contributed by atoms with Crippen molar-refractivity contribution in [1.82, 2.24) is 10.2 Å². The Morgan fingerprint density at radius 2 is 1.69 bits per heavy atom. The van der Waals surface area contributed by atoms with E-state index < -0.39 is 0 Å². The second-order valence-corrected chi connectivity index (χ2v) is 8.47. The standard InChI is InChI=1S/C22H35N3O/c1-19(2)17-21(26)23-18-22(11-7-4-8-12-22)25-15-13-24(14-16-25)20-9-5-3-6-10-20/h3,5-6,9-10,19H,4,7-8,11-18H2,1-2H3,(H,23,26). The average Bonchev–Trinajstić information content (AvgIpc) is 2.67. The van der Waals surface area contributed by atoms with Crippen LogP contribution >= 0.6 is 0 Å². The maximum atomic E-state index is 12.2. The lowest BCUT2D eigenvalue weighted by Crippen LogP contribution is -2.62. The summed E-state index contributed by atoms with van der Waals surface area (Å²) >= 11 is 0. The van der Waals surface area contributed by atoms with Gasteiger partial charge in [0.15, 0.2) is 0 Å². The fourth-order valence-electron chi connectivity index (χ4n) is 4.60. The first-order valence-electron chi connectivity index (χ1n) is 10.4. The number of carbonyl (C=O) groups is 1. The van der Waals surface area contributed by atoms with Crippen molar-refractivity contribution >= 4 is 11.6 Å². The molecule has 1 heterocycles. The van der Waals surface area contributed by atoms with Gasteiger partial charge in [-0.1, -0.05) is 51.3 Å². The number of nitrogens with one attached hydrogen (secondary N) is 1. The van der Waals surface area contributed by atoms with Crippen LogP contribution in [0.3, 0.4) is 0 Å². The lowest BCUT2D eigenvalue weighted by atomic mass is 9.79. The SMILES string of the molecule is CC(C)CC(=O)NCC1(N2CCN(c3ccccc3)CC2)CCCCC1. The summed E-state index contributed by atoms with van der Waals surface area (Å²) in [6.45, 7) is 9.38. The van der Waals surface area contributed by atoms with Crippen LogP contribution in [0, 0.1) is 5.92 Å². The number of piperazine rings is 1. The summed E-state index contributed by atoms with van der Waals surface area (Å²) in [6.07, 6.45) is 7.00.